The maximum Gasteiger partial charge on any atom is 0.292 e. The highest BCUT2D eigenvalue weighted by molar-refractivity contribution is 5.89. The molecule has 7 nitrogen and oxygen atoms in total. The van der Waals surface area contributed by atoms with Gasteiger partial charge in [0.05, 0.1) is 6.04 Å². The molecule has 108 valence electrons. The molecule has 2 aromatic heterocycles. The molecule has 1 amide bonds. The van der Waals surface area contributed by atoms with Gasteiger partial charge in [0.1, 0.15) is 0 Å². The van der Waals surface area contributed by atoms with Crippen LogP contribution in [0.3, 0.4) is 0 Å². The van der Waals surface area contributed by atoms with Gasteiger partial charge in [-0.3, -0.25) is 4.79 Å². The topological polar surface area (TPSA) is 110 Å². The van der Waals surface area contributed by atoms with Crippen molar-refractivity contribution in [3.8, 4) is 0 Å². The van der Waals surface area contributed by atoms with Crippen molar-refractivity contribution in [2.45, 2.75) is 12.5 Å². The van der Waals surface area contributed by atoms with E-state index in [0.29, 0.717) is 6.42 Å². The zero-order valence-electron chi connectivity index (χ0n) is 11.5. The lowest BCUT2D eigenvalue weighted by atomic mass is 10.1. The molecule has 0 radical (unpaired) electrons. The van der Waals surface area contributed by atoms with E-state index in [1.54, 1.807) is 0 Å². The zero-order valence-corrected chi connectivity index (χ0v) is 11.5. The molecule has 0 aliphatic carbocycles. The van der Waals surface area contributed by atoms with Crippen LogP contribution in [0.25, 0.3) is 10.9 Å². The fourth-order valence-electron chi connectivity index (χ4n) is 2.21. The van der Waals surface area contributed by atoms with E-state index in [4.69, 9.17) is 10.3 Å². The second kappa shape index (κ2) is 5.37. The third-order valence-electron chi connectivity index (χ3n) is 3.30. The van der Waals surface area contributed by atoms with Gasteiger partial charge in [0, 0.05) is 24.1 Å². The van der Waals surface area contributed by atoms with Crippen LogP contribution >= 0.6 is 0 Å². The Hall–Kier alpha value is -2.67. The molecule has 0 unspecified atom stereocenters. The van der Waals surface area contributed by atoms with Crippen molar-refractivity contribution in [2.75, 3.05) is 7.05 Å². The van der Waals surface area contributed by atoms with Gasteiger partial charge >= 0.3 is 0 Å². The van der Waals surface area contributed by atoms with E-state index in [1.807, 2.05) is 30.5 Å². The van der Waals surface area contributed by atoms with Gasteiger partial charge in [-0.25, -0.2) is 0 Å². The fourth-order valence-corrected chi connectivity index (χ4v) is 2.21. The first-order valence-corrected chi connectivity index (χ1v) is 6.55. The summed E-state index contributed by atoms with van der Waals surface area (Å²) in [5.74, 6) is -0.162. The average Bonchev–Trinajstić information content (AvgIpc) is 3.14. The maximum absolute atomic E-state index is 11.4. The Morgan fingerprint density at radius 1 is 1.48 bits per heavy atom. The smallest absolute Gasteiger partial charge is 0.292 e. The molecule has 0 fully saturated rings. The highest BCUT2D eigenvalue weighted by atomic mass is 16.5. The molecule has 4 N–H and O–H groups in total. The van der Waals surface area contributed by atoms with Gasteiger partial charge in [-0.15, -0.1) is 0 Å². The van der Waals surface area contributed by atoms with Crippen LogP contribution in [0.5, 0.6) is 0 Å². The monoisotopic (exact) mass is 285 g/mol. The summed E-state index contributed by atoms with van der Waals surface area (Å²) in [6.45, 7) is 0. The lowest BCUT2D eigenvalue weighted by Crippen LogP contribution is -2.20. The van der Waals surface area contributed by atoms with Crippen LogP contribution in [0, 0.1) is 0 Å². The summed E-state index contributed by atoms with van der Waals surface area (Å²) >= 11 is 0. The number of nitrogens with zero attached hydrogens (tertiary/aromatic N) is 2. The molecule has 0 spiro atoms. The van der Waals surface area contributed by atoms with E-state index in [2.05, 4.69) is 20.4 Å². The number of para-hydroxylation sites is 1. The van der Waals surface area contributed by atoms with E-state index >= 15 is 0 Å². The highest BCUT2D eigenvalue weighted by Crippen LogP contribution is 2.22. The number of rotatable bonds is 4. The van der Waals surface area contributed by atoms with Crippen LogP contribution in [0.15, 0.2) is 35.0 Å². The van der Waals surface area contributed by atoms with Crippen LogP contribution in [0.2, 0.25) is 0 Å². The maximum atomic E-state index is 11.4. The van der Waals surface area contributed by atoms with E-state index in [-0.39, 0.29) is 11.7 Å². The third-order valence-corrected chi connectivity index (χ3v) is 3.30. The average molecular weight is 285 g/mol. The first-order valence-electron chi connectivity index (χ1n) is 6.55. The van der Waals surface area contributed by atoms with Crippen molar-refractivity contribution in [1.29, 1.82) is 0 Å². The third kappa shape index (κ3) is 2.50. The SMILES string of the molecule is CNC(=O)c1noc([C@H](N)Cc2c[nH]c3ccccc23)n1. The van der Waals surface area contributed by atoms with Crippen molar-refractivity contribution < 1.29 is 9.32 Å². The van der Waals surface area contributed by atoms with Crippen molar-refractivity contribution in [3.05, 3.63) is 47.7 Å². The zero-order chi connectivity index (χ0) is 14.8. The Balaban J connectivity index is 1.81. The van der Waals surface area contributed by atoms with E-state index in [1.165, 1.54) is 7.05 Å². The van der Waals surface area contributed by atoms with Crippen molar-refractivity contribution in [3.63, 3.8) is 0 Å². The molecule has 3 aromatic rings. The normalized spacial score (nSPS) is 12.5. The minimum Gasteiger partial charge on any atom is -0.361 e. The summed E-state index contributed by atoms with van der Waals surface area (Å²) in [5.41, 5.74) is 8.21. The van der Waals surface area contributed by atoms with E-state index in [9.17, 15) is 4.79 Å². The number of carbonyl (C=O) groups is 1. The van der Waals surface area contributed by atoms with E-state index < -0.39 is 11.9 Å². The number of fused-ring (bicyclic) bond motifs is 1. The van der Waals surface area contributed by atoms with Gasteiger partial charge in [-0.05, 0) is 18.1 Å². The van der Waals surface area contributed by atoms with Gasteiger partial charge in [-0.1, -0.05) is 23.4 Å². The predicted octanol–water partition coefficient (Wildman–Crippen LogP) is 1.15. The lowest BCUT2D eigenvalue weighted by molar-refractivity contribution is 0.0950. The molecule has 0 bridgehead atoms. The fraction of sp³-hybridized carbons (Fsp3) is 0.214. The molecule has 2 heterocycles. The van der Waals surface area contributed by atoms with Gasteiger partial charge < -0.3 is 20.6 Å². The summed E-state index contributed by atoms with van der Waals surface area (Å²) < 4.78 is 5.05. The van der Waals surface area contributed by atoms with E-state index in [0.717, 1.165) is 16.5 Å². The molecule has 21 heavy (non-hydrogen) atoms. The molecule has 0 aliphatic rings. The van der Waals surface area contributed by atoms with Crippen LogP contribution in [0.1, 0.15) is 28.1 Å². The second-order valence-corrected chi connectivity index (χ2v) is 4.71. The molecular weight excluding hydrogens is 270 g/mol. The molecule has 0 saturated carbocycles. The summed E-state index contributed by atoms with van der Waals surface area (Å²) in [4.78, 5) is 18.6. The quantitative estimate of drug-likeness (QED) is 0.666. The number of hydrogen-bond donors (Lipinski definition) is 3. The first-order chi connectivity index (χ1) is 10.2. The first kappa shape index (κ1) is 13.3. The molecule has 1 aromatic carbocycles. The minimum absolute atomic E-state index is 0.0122. The van der Waals surface area contributed by atoms with Gasteiger partial charge in [-0.2, -0.15) is 4.98 Å². The minimum atomic E-state index is -0.463. The number of benzene rings is 1. The van der Waals surface area contributed by atoms with Crippen molar-refractivity contribution in [2.24, 2.45) is 5.73 Å². The van der Waals surface area contributed by atoms with Crippen LogP contribution in [-0.2, 0) is 6.42 Å². The van der Waals surface area contributed by atoms with Crippen molar-refractivity contribution in [1.82, 2.24) is 20.4 Å². The summed E-state index contributed by atoms with van der Waals surface area (Å²) in [7, 11) is 1.50. The van der Waals surface area contributed by atoms with Gasteiger partial charge in [0.15, 0.2) is 0 Å². The molecule has 0 aliphatic heterocycles. The Kier molecular flexibility index (Phi) is 3.41. The number of carbonyl (C=O) groups excluding carboxylic acids is 1. The van der Waals surface area contributed by atoms with Gasteiger partial charge in [0.25, 0.3) is 11.7 Å². The van der Waals surface area contributed by atoms with Crippen LogP contribution < -0.4 is 11.1 Å². The molecule has 0 saturated heterocycles. The largest absolute Gasteiger partial charge is 0.361 e. The standard InChI is InChI=1S/C14H15N5O2/c1-16-13(20)12-18-14(21-19-12)10(15)6-8-7-17-11-5-3-2-4-9(8)11/h2-5,7,10,17H,6,15H2,1H3,(H,16,20)/t10-/m1/s1. The summed E-state index contributed by atoms with van der Waals surface area (Å²) in [6.07, 6.45) is 2.46. The Bertz CT molecular complexity index is 776. The summed E-state index contributed by atoms with van der Waals surface area (Å²) in [5, 5.41) is 7.16. The number of aromatic nitrogens is 3. The number of nitrogens with two attached hydrogens (primary N) is 1. The molecule has 3 rings (SSSR count). The molecular formula is C14H15N5O2. The van der Waals surface area contributed by atoms with Gasteiger partial charge in [0.2, 0.25) is 5.89 Å². The Morgan fingerprint density at radius 3 is 3.10 bits per heavy atom. The van der Waals surface area contributed by atoms with Crippen molar-refractivity contribution >= 4 is 16.8 Å². The van der Waals surface area contributed by atoms with Crippen LogP contribution in [0.4, 0.5) is 0 Å². The van der Waals surface area contributed by atoms with Crippen LogP contribution in [-0.4, -0.2) is 28.1 Å². The Morgan fingerprint density at radius 2 is 2.29 bits per heavy atom. The second-order valence-electron chi connectivity index (χ2n) is 4.71. The highest BCUT2D eigenvalue weighted by Gasteiger charge is 2.19. The molecule has 7 heteroatoms. The molecule has 1 atom stereocenters. The number of nitrogens with one attached hydrogen (secondary N) is 2. The summed E-state index contributed by atoms with van der Waals surface area (Å²) in [6, 6.07) is 7.51. The number of H-pyrrole nitrogens is 1. The Labute approximate surface area is 120 Å². The lowest BCUT2D eigenvalue weighted by Gasteiger charge is -2.05. The number of amides is 1. The number of aromatic amines is 1. The predicted molar refractivity (Wildman–Crippen MR) is 76.6 cm³/mol. The number of hydrogen-bond acceptors (Lipinski definition) is 5.